The van der Waals surface area contributed by atoms with Gasteiger partial charge < -0.3 is 10.8 Å². The molecule has 130 valence electrons. The predicted octanol–water partition coefficient (Wildman–Crippen LogP) is 5.08. The van der Waals surface area contributed by atoms with E-state index in [-0.39, 0.29) is 10.8 Å². The number of hydrogen-bond donors (Lipinski definition) is 2. The lowest BCUT2D eigenvalue weighted by Crippen LogP contribution is -2.20. The minimum absolute atomic E-state index is 0.196. The SMILES string of the molecule is CC(C)(C)c1cc(C(N)c2cccnc2Cl)cc(C(C)(C)C)c1O. The molecule has 0 aliphatic rings. The van der Waals surface area contributed by atoms with Crippen molar-refractivity contribution >= 4 is 11.6 Å². The van der Waals surface area contributed by atoms with Crippen LogP contribution in [-0.4, -0.2) is 10.1 Å². The van der Waals surface area contributed by atoms with Crippen LogP contribution in [0.4, 0.5) is 0 Å². The topological polar surface area (TPSA) is 59.1 Å². The Morgan fingerprint density at radius 3 is 1.96 bits per heavy atom. The van der Waals surface area contributed by atoms with Gasteiger partial charge in [0.05, 0.1) is 6.04 Å². The Morgan fingerprint density at radius 1 is 1.04 bits per heavy atom. The maximum atomic E-state index is 10.8. The maximum Gasteiger partial charge on any atom is 0.134 e. The van der Waals surface area contributed by atoms with Crippen LogP contribution in [0.25, 0.3) is 0 Å². The van der Waals surface area contributed by atoms with Gasteiger partial charge in [0.25, 0.3) is 0 Å². The van der Waals surface area contributed by atoms with Crippen molar-refractivity contribution in [2.75, 3.05) is 0 Å². The number of aromatic hydroxyl groups is 1. The third kappa shape index (κ3) is 3.73. The minimum atomic E-state index is -0.394. The predicted molar refractivity (Wildman–Crippen MR) is 101 cm³/mol. The molecule has 0 fully saturated rings. The number of nitrogens with two attached hydrogens (primary N) is 1. The van der Waals surface area contributed by atoms with E-state index in [9.17, 15) is 5.11 Å². The number of pyridine rings is 1. The molecule has 2 aromatic rings. The summed E-state index contributed by atoms with van der Waals surface area (Å²) in [6.45, 7) is 12.5. The number of benzene rings is 1. The smallest absolute Gasteiger partial charge is 0.134 e. The first-order valence-electron chi connectivity index (χ1n) is 8.17. The van der Waals surface area contributed by atoms with Crippen LogP contribution < -0.4 is 5.73 Å². The number of halogens is 1. The van der Waals surface area contributed by atoms with Crippen molar-refractivity contribution in [3.05, 3.63) is 57.9 Å². The van der Waals surface area contributed by atoms with E-state index in [0.29, 0.717) is 10.9 Å². The number of nitrogens with zero attached hydrogens (tertiary/aromatic N) is 1. The van der Waals surface area contributed by atoms with Gasteiger partial charge in [0.1, 0.15) is 10.9 Å². The highest BCUT2D eigenvalue weighted by Crippen LogP contribution is 2.41. The first-order chi connectivity index (χ1) is 10.9. The van der Waals surface area contributed by atoms with Crippen LogP contribution in [0.2, 0.25) is 5.15 Å². The second kappa shape index (κ2) is 6.38. The first kappa shape index (κ1) is 18.8. The van der Waals surface area contributed by atoms with Crippen LogP contribution in [-0.2, 0) is 10.8 Å². The van der Waals surface area contributed by atoms with Gasteiger partial charge in [-0.05, 0) is 45.7 Å². The molecule has 1 atom stereocenters. The van der Waals surface area contributed by atoms with Crippen LogP contribution in [0.3, 0.4) is 0 Å². The Hall–Kier alpha value is -1.58. The Balaban J connectivity index is 2.69. The van der Waals surface area contributed by atoms with Gasteiger partial charge in [0.15, 0.2) is 0 Å². The zero-order valence-electron chi connectivity index (χ0n) is 15.3. The molecule has 0 amide bonds. The molecule has 3 nitrogen and oxygen atoms in total. The summed E-state index contributed by atoms with van der Waals surface area (Å²) in [5.74, 6) is 0.350. The highest BCUT2D eigenvalue weighted by Gasteiger charge is 2.28. The lowest BCUT2D eigenvalue weighted by atomic mass is 9.77. The Labute approximate surface area is 149 Å². The molecule has 0 bridgehead atoms. The molecule has 3 N–H and O–H groups in total. The van der Waals surface area contributed by atoms with Crippen molar-refractivity contribution in [3.63, 3.8) is 0 Å². The van der Waals surface area contributed by atoms with E-state index in [4.69, 9.17) is 17.3 Å². The zero-order valence-corrected chi connectivity index (χ0v) is 16.1. The Kier molecular flexibility index (Phi) is 4.98. The fourth-order valence-electron chi connectivity index (χ4n) is 2.79. The minimum Gasteiger partial charge on any atom is -0.507 e. The van der Waals surface area contributed by atoms with E-state index in [0.717, 1.165) is 22.3 Å². The highest BCUT2D eigenvalue weighted by atomic mass is 35.5. The fraction of sp³-hybridized carbons (Fsp3) is 0.450. The number of phenolic OH excluding ortho intramolecular Hbond substituents is 1. The number of phenols is 1. The fourth-order valence-corrected chi connectivity index (χ4v) is 3.03. The summed E-state index contributed by atoms with van der Waals surface area (Å²) >= 11 is 6.22. The Bertz CT molecular complexity index is 707. The van der Waals surface area contributed by atoms with Gasteiger partial charge in [-0.2, -0.15) is 0 Å². The number of hydrogen-bond acceptors (Lipinski definition) is 3. The lowest BCUT2D eigenvalue weighted by Gasteiger charge is -2.29. The van der Waals surface area contributed by atoms with Gasteiger partial charge in [0.2, 0.25) is 0 Å². The van der Waals surface area contributed by atoms with Crippen LogP contribution in [0.5, 0.6) is 5.75 Å². The number of aromatic nitrogens is 1. The molecule has 2 rings (SSSR count). The van der Waals surface area contributed by atoms with Crippen molar-refractivity contribution in [1.82, 2.24) is 4.98 Å². The third-order valence-electron chi connectivity index (χ3n) is 4.23. The van der Waals surface area contributed by atoms with E-state index in [1.54, 1.807) is 6.20 Å². The quantitative estimate of drug-likeness (QED) is 0.745. The second-order valence-corrected chi connectivity index (χ2v) is 8.68. The molecule has 4 heteroatoms. The monoisotopic (exact) mass is 346 g/mol. The summed E-state index contributed by atoms with van der Waals surface area (Å²) in [6.07, 6.45) is 1.65. The molecule has 0 aliphatic carbocycles. The van der Waals surface area contributed by atoms with E-state index < -0.39 is 6.04 Å². The second-order valence-electron chi connectivity index (χ2n) is 8.33. The normalized spacial score (nSPS) is 13.8. The molecule has 0 spiro atoms. The summed E-state index contributed by atoms with van der Waals surface area (Å²) < 4.78 is 0. The average Bonchev–Trinajstić information content (AvgIpc) is 2.45. The molecular weight excluding hydrogens is 320 g/mol. The Morgan fingerprint density at radius 2 is 1.54 bits per heavy atom. The molecular formula is C20H27ClN2O. The van der Waals surface area contributed by atoms with Gasteiger partial charge in [-0.1, -0.05) is 59.2 Å². The van der Waals surface area contributed by atoms with E-state index in [1.165, 1.54) is 0 Å². The lowest BCUT2D eigenvalue weighted by molar-refractivity contribution is 0.422. The zero-order chi connectivity index (χ0) is 18.3. The standard InChI is InChI=1S/C20H27ClN2O/c1-19(2,3)14-10-12(11-15(17(14)24)20(4,5)6)16(22)13-8-7-9-23-18(13)21/h7-11,16,24H,22H2,1-6H3. The molecule has 0 saturated carbocycles. The molecule has 1 heterocycles. The molecule has 0 aliphatic heterocycles. The van der Waals surface area contributed by atoms with Gasteiger partial charge in [-0.15, -0.1) is 0 Å². The largest absolute Gasteiger partial charge is 0.507 e. The third-order valence-corrected chi connectivity index (χ3v) is 4.55. The molecule has 0 radical (unpaired) electrons. The van der Waals surface area contributed by atoms with Crippen molar-refractivity contribution in [3.8, 4) is 5.75 Å². The average molecular weight is 347 g/mol. The van der Waals surface area contributed by atoms with Crippen LogP contribution in [0.15, 0.2) is 30.5 Å². The summed E-state index contributed by atoms with van der Waals surface area (Å²) in [5.41, 5.74) is 9.58. The number of rotatable bonds is 2. The summed E-state index contributed by atoms with van der Waals surface area (Å²) in [4.78, 5) is 4.12. The first-order valence-corrected chi connectivity index (χ1v) is 8.54. The van der Waals surface area contributed by atoms with Crippen molar-refractivity contribution in [2.24, 2.45) is 5.73 Å². The van der Waals surface area contributed by atoms with Crippen LogP contribution in [0.1, 0.15) is 69.8 Å². The highest BCUT2D eigenvalue weighted by molar-refractivity contribution is 6.30. The van der Waals surface area contributed by atoms with Gasteiger partial charge in [-0.25, -0.2) is 4.98 Å². The van der Waals surface area contributed by atoms with E-state index in [1.807, 2.05) is 24.3 Å². The summed E-state index contributed by atoms with van der Waals surface area (Å²) in [5, 5.41) is 11.2. The van der Waals surface area contributed by atoms with Gasteiger partial charge in [-0.3, -0.25) is 0 Å². The molecule has 1 unspecified atom stereocenters. The summed E-state index contributed by atoms with van der Waals surface area (Å²) in [6, 6.07) is 7.29. The van der Waals surface area contributed by atoms with Crippen LogP contribution >= 0.6 is 11.6 Å². The van der Waals surface area contributed by atoms with Gasteiger partial charge >= 0.3 is 0 Å². The molecule has 1 aromatic heterocycles. The van der Waals surface area contributed by atoms with Crippen molar-refractivity contribution in [1.29, 1.82) is 0 Å². The maximum absolute atomic E-state index is 10.8. The van der Waals surface area contributed by atoms with Crippen LogP contribution in [0, 0.1) is 0 Å². The summed E-state index contributed by atoms with van der Waals surface area (Å²) in [7, 11) is 0. The molecule has 1 aromatic carbocycles. The van der Waals surface area contributed by atoms with E-state index >= 15 is 0 Å². The van der Waals surface area contributed by atoms with E-state index in [2.05, 4.69) is 46.5 Å². The van der Waals surface area contributed by atoms with Crippen molar-refractivity contribution < 1.29 is 5.11 Å². The van der Waals surface area contributed by atoms with Crippen molar-refractivity contribution in [2.45, 2.75) is 58.4 Å². The molecule has 0 saturated heterocycles. The molecule has 24 heavy (non-hydrogen) atoms. The van der Waals surface area contributed by atoms with Gasteiger partial charge in [0, 0.05) is 11.8 Å².